The molecule has 0 saturated heterocycles. The number of benzene rings is 1. The highest BCUT2D eigenvalue weighted by Crippen LogP contribution is 2.18. The minimum absolute atomic E-state index is 0.142. The van der Waals surface area contributed by atoms with Crippen molar-refractivity contribution >= 4 is 0 Å². The highest BCUT2D eigenvalue weighted by molar-refractivity contribution is 5.29. The van der Waals surface area contributed by atoms with E-state index in [2.05, 4.69) is 0 Å². The van der Waals surface area contributed by atoms with E-state index in [1.54, 1.807) is 6.07 Å². The van der Waals surface area contributed by atoms with Gasteiger partial charge in [-0.3, -0.25) is 0 Å². The van der Waals surface area contributed by atoms with E-state index in [1.165, 1.54) is 13.2 Å². The van der Waals surface area contributed by atoms with Gasteiger partial charge in [0.15, 0.2) is 11.6 Å². The highest BCUT2D eigenvalue weighted by atomic mass is 19.1. The molecule has 0 aliphatic rings. The van der Waals surface area contributed by atoms with Crippen molar-refractivity contribution in [3.8, 4) is 5.75 Å². The van der Waals surface area contributed by atoms with E-state index in [9.17, 15) is 4.39 Å². The van der Waals surface area contributed by atoms with Gasteiger partial charge in [-0.1, -0.05) is 6.07 Å². The lowest BCUT2D eigenvalue weighted by Gasteiger charge is -2.22. The van der Waals surface area contributed by atoms with E-state index in [0.717, 1.165) is 5.56 Å². The maximum absolute atomic E-state index is 13.5. The fraction of sp³-hybridized carbons (Fsp3) is 0.571. The van der Waals surface area contributed by atoms with E-state index in [4.69, 9.17) is 15.2 Å². The summed E-state index contributed by atoms with van der Waals surface area (Å²) in [7, 11) is 1.45. The van der Waals surface area contributed by atoms with E-state index >= 15 is 0 Å². The normalized spacial score (nSPS) is 13.4. The van der Waals surface area contributed by atoms with Gasteiger partial charge in [-0.15, -0.1) is 0 Å². The molecule has 0 bridgehead atoms. The molecule has 0 aliphatic heterocycles. The van der Waals surface area contributed by atoms with Crippen LogP contribution in [0.5, 0.6) is 5.75 Å². The van der Waals surface area contributed by atoms with Crippen molar-refractivity contribution in [3.05, 3.63) is 29.6 Å². The zero-order valence-electron chi connectivity index (χ0n) is 11.5. The predicted octanol–water partition coefficient (Wildman–Crippen LogP) is 2.52. The Kier molecular flexibility index (Phi) is 5.11. The number of ether oxygens (including phenoxy) is 2. The van der Waals surface area contributed by atoms with Gasteiger partial charge in [0.05, 0.1) is 19.3 Å². The average molecular weight is 255 g/mol. The van der Waals surface area contributed by atoms with Crippen LogP contribution in [0.15, 0.2) is 18.2 Å². The van der Waals surface area contributed by atoms with Crippen molar-refractivity contribution in [1.29, 1.82) is 0 Å². The van der Waals surface area contributed by atoms with Gasteiger partial charge in [-0.2, -0.15) is 0 Å². The molecule has 0 spiro atoms. The second kappa shape index (κ2) is 6.16. The van der Waals surface area contributed by atoms with Crippen LogP contribution in [0.3, 0.4) is 0 Å². The Balaban J connectivity index is 2.54. The maximum Gasteiger partial charge on any atom is 0.165 e. The van der Waals surface area contributed by atoms with Gasteiger partial charge in [-0.05, 0) is 44.9 Å². The van der Waals surface area contributed by atoms with E-state index in [0.29, 0.717) is 13.0 Å². The van der Waals surface area contributed by atoms with Crippen LogP contribution < -0.4 is 10.5 Å². The molecule has 3 nitrogen and oxygen atoms in total. The van der Waals surface area contributed by atoms with Crippen LogP contribution in [0.25, 0.3) is 0 Å². The molecule has 0 amide bonds. The van der Waals surface area contributed by atoms with Crippen LogP contribution in [-0.2, 0) is 11.2 Å². The Hall–Kier alpha value is -1.13. The minimum Gasteiger partial charge on any atom is -0.494 e. The van der Waals surface area contributed by atoms with E-state index < -0.39 is 0 Å². The molecule has 18 heavy (non-hydrogen) atoms. The number of halogens is 1. The van der Waals surface area contributed by atoms with Gasteiger partial charge >= 0.3 is 0 Å². The molecule has 102 valence electrons. The fourth-order valence-electron chi connectivity index (χ4n) is 1.56. The molecule has 0 aliphatic carbocycles. The Morgan fingerprint density at radius 2 is 2.00 bits per heavy atom. The number of nitrogens with two attached hydrogens (primary N) is 1. The largest absolute Gasteiger partial charge is 0.494 e. The second-order valence-corrected chi connectivity index (χ2v) is 5.36. The summed E-state index contributed by atoms with van der Waals surface area (Å²) in [6.45, 7) is 6.39. The Morgan fingerprint density at radius 1 is 1.33 bits per heavy atom. The smallest absolute Gasteiger partial charge is 0.165 e. The number of hydrogen-bond donors (Lipinski definition) is 1. The van der Waals surface area contributed by atoms with Gasteiger partial charge in [0, 0.05) is 6.04 Å². The molecular weight excluding hydrogens is 233 g/mol. The molecule has 0 aromatic heterocycles. The zero-order chi connectivity index (χ0) is 13.8. The summed E-state index contributed by atoms with van der Waals surface area (Å²) in [5.74, 6) is -0.114. The number of methoxy groups -OCH3 is 1. The maximum atomic E-state index is 13.5. The van der Waals surface area contributed by atoms with E-state index in [1.807, 2.05) is 26.8 Å². The third kappa shape index (κ3) is 5.02. The van der Waals surface area contributed by atoms with Gasteiger partial charge in [0.25, 0.3) is 0 Å². The lowest BCUT2D eigenvalue weighted by Crippen LogP contribution is -2.33. The van der Waals surface area contributed by atoms with E-state index in [-0.39, 0.29) is 23.2 Å². The predicted molar refractivity (Wildman–Crippen MR) is 70.3 cm³/mol. The van der Waals surface area contributed by atoms with Crippen LogP contribution in [0.4, 0.5) is 4.39 Å². The molecule has 0 fully saturated rings. The summed E-state index contributed by atoms with van der Waals surface area (Å²) >= 11 is 0. The fourth-order valence-corrected chi connectivity index (χ4v) is 1.56. The van der Waals surface area contributed by atoms with Gasteiger partial charge < -0.3 is 15.2 Å². The molecule has 0 radical (unpaired) electrons. The SMILES string of the molecule is COc1ccc(CC(N)COC(C)(C)C)cc1F. The van der Waals surface area contributed by atoms with Gasteiger partial charge in [0.2, 0.25) is 0 Å². The first-order chi connectivity index (χ1) is 8.31. The molecule has 0 saturated carbocycles. The van der Waals surface area contributed by atoms with Crippen LogP contribution in [0, 0.1) is 5.82 Å². The molecule has 1 aromatic carbocycles. The van der Waals surface area contributed by atoms with Crippen molar-refractivity contribution in [2.45, 2.75) is 38.8 Å². The summed E-state index contributed by atoms with van der Waals surface area (Å²) in [4.78, 5) is 0. The molecule has 2 N–H and O–H groups in total. The van der Waals surface area contributed by atoms with Crippen molar-refractivity contribution < 1.29 is 13.9 Å². The third-order valence-electron chi connectivity index (χ3n) is 2.44. The number of hydrogen-bond acceptors (Lipinski definition) is 3. The molecule has 1 rings (SSSR count). The highest BCUT2D eigenvalue weighted by Gasteiger charge is 2.14. The molecule has 4 heteroatoms. The Morgan fingerprint density at radius 3 is 2.50 bits per heavy atom. The van der Waals surface area contributed by atoms with Gasteiger partial charge in [-0.25, -0.2) is 4.39 Å². The first-order valence-corrected chi connectivity index (χ1v) is 6.04. The third-order valence-corrected chi connectivity index (χ3v) is 2.44. The summed E-state index contributed by atoms with van der Waals surface area (Å²) in [6.07, 6.45) is 0.580. The number of rotatable bonds is 5. The van der Waals surface area contributed by atoms with Crippen LogP contribution in [0.1, 0.15) is 26.3 Å². The molecule has 1 unspecified atom stereocenters. The molecular formula is C14H22FNO2. The minimum atomic E-state index is -0.362. The monoisotopic (exact) mass is 255 g/mol. The average Bonchev–Trinajstić information content (AvgIpc) is 2.26. The van der Waals surface area contributed by atoms with Gasteiger partial charge in [0.1, 0.15) is 0 Å². The van der Waals surface area contributed by atoms with Crippen LogP contribution in [0.2, 0.25) is 0 Å². The first-order valence-electron chi connectivity index (χ1n) is 6.04. The quantitative estimate of drug-likeness (QED) is 0.879. The van der Waals surface area contributed by atoms with Crippen LogP contribution in [-0.4, -0.2) is 25.4 Å². The molecule has 1 aromatic rings. The Bertz CT molecular complexity index is 388. The first kappa shape index (κ1) is 14.9. The molecule has 0 heterocycles. The lowest BCUT2D eigenvalue weighted by atomic mass is 10.1. The second-order valence-electron chi connectivity index (χ2n) is 5.36. The molecule has 1 atom stereocenters. The Labute approximate surface area is 108 Å². The van der Waals surface area contributed by atoms with Crippen LogP contribution >= 0.6 is 0 Å². The topological polar surface area (TPSA) is 44.5 Å². The van der Waals surface area contributed by atoms with Crippen molar-refractivity contribution in [2.24, 2.45) is 5.73 Å². The lowest BCUT2D eigenvalue weighted by molar-refractivity contribution is -0.00984. The van der Waals surface area contributed by atoms with Crippen molar-refractivity contribution in [2.75, 3.05) is 13.7 Å². The summed E-state index contributed by atoms with van der Waals surface area (Å²) in [5.41, 5.74) is 6.59. The van der Waals surface area contributed by atoms with Crippen molar-refractivity contribution in [3.63, 3.8) is 0 Å². The summed E-state index contributed by atoms with van der Waals surface area (Å²) in [5, 5.41) is 0. The standard InChI is InChI=1S/C14H22FNO2/c1-14(2,3)18-9-11(16)7-10-5-6-13(17-4)12(15)8-10/h5-6,8,11H,7,9,16H2,1-4H3. The summed E-state index contributed by atoms with van der Waals surface area (Å²) < 4.78 is 23.9. The zero-order valence-corrected chi connectivity index (χ0v) is 11.5. The summed E-state index contributed by atoms with van der Waals surface area (Å²) in [6, 6.07) is 4.74. The van der Waals surface area contributed by atoms with Crippen molar-refractivity contribution in [1.82, 2.24) is 0 Å².